The number of hydrogen-bond acceptors (Lipinski definition) is 5. The van der Waals surface area contributed by atoms with Crippen LogP contribution < -0.4 is 4.74 Å². The zero-order chi connectivity index (χ0) is 13.2. The lowest BCUT2D eigenvalue weighted by molar-refractivity contribution is -0.138. The van der Waals surface area contributed by atoms with Crippen molar-refractivity contribution in [1.82, 2.24) is 9.97 Å². The number of halogens is 1. The van der Waals surface area contributed by atoms with Gasteiger partial charge in [-0.05, 0) is 18.3 Å². The van der Waals surface area contributed by atoms with Gasteiger partial charge in [0, 0.05) is 5.75 Å². The smallest absolute Gasteiger partial charge is 0.317 e. The number of thioether (sulfide) groups is 1. The van der Waals surface area contributed by atoms with Crippen LogP contribution >= 0.6 is 23.4 Å². The van der Waals surface area contributed by atoms with E-state index in [4.69, 9.17) is 21.4 Å². The van der Waals surface area contributed by atoms with Crippen LogP contribution in [0.1, 0.15) is 19.3 Å². The number of nitrogens with zero attached hydrogens (tertiary/aromatic N) is 2. The molecule has 1 aliphatic rings. The van der Waals surface area contributed by atoms with Crippen molar-refractivity contribution in [2.75, 3.05) is 12.9 Å². The second-order valence-electron chi connectivity index (χ2n) is 4.37. The quantitative estimate of drug-likeness (QED) is 0.640. The van der Waals surface area contributed by atoms with Crippen LogP contribution in [0.2, 0.25) is 5.02 Å². The van der Waals surface area contributed by atoms with Crippen LogP contribution in [-0.4, -0.2) is 33.9 Å². The molecule has 0 saturated heterocycles. The minimum atomic E-state index is -0.750. The summed E-state index contributed by atoms with van der Waals surface area (Å²) in [5.74, 6) is -0.0430. The van der Waals surface area contributed by atoms with Crippen molar-refractivity contribution >= 4 is 29.3 Å². The van der Waals surface area contributed by atoms with E-state index in [0.29, 0.717) is 15.8 Å². The summed E-state index contributed by atoms with van der Waals surface area (Å²) in [6.07, 6.45) is 3.60. The number of hydrogen-bond donors (Lipinski definition) is 1. The summed E-state index contributed by atoms with van der Waals surface area (Å²) in [6.45, 7) is 0. The Labute approximate surface area is 114 Å². The molecule has 1 fully saturated rings. The summed E-state index contributed by atoms with van der Waals surface area (Å²) in [7, 11) is 1.49. The van der Waals surface area contributed by atoms with Crippen LogP contribution in [0, 0.1) is 5.41 Å². The SMILES string of the molecule is COc1ncc(Cl)c(SCC2(CC(=O)O)CC2)n1. The predicted octanol–water partition coefficient (Wildman–Crippen LogP) is 2.49. The van der Waals surface area contributed by atoms with Gasteiger partial charge in [0.25, 0.3) is 0 Å². The highest BCUT2D eigenvalue weighted by atomic mass is 35.5. The normalized spacial score (nSPS) is 16.3. The number of aromatic nitrogens is 2. The molecular formula is C11H13ClN2O3S. The van der Waals surface area contributed by atoms with Gasteiger partial charge in [-0.15, -0.1) is 11.8 Å². The fourth-order valence-corrected chi connectivity index (χ4v) is 3.05. The van der Waals surface area contributed by atoms with Gasteiger partial charge < -0.3 is 9.84 Å². The zero-order valence-corrected chi connectivity index (χ0v) is 11.4. The molecule has 1 aromatic rings. The van der Waals surface area contributed by atoms with Gasteiger partial charge >= 0.3 is 12.0 Å². The van der Waals surface area contributed by atoms with E-state index in [2.05, 4.69) is 9.97 Å². The van der Waals surface area contributed by atoms with Gasteiger partial charge in [0.15, 0.2) is 0 Å². The molecule has 1 N–H and O–H groups in total. The third-order valence-electron chi connectivity index (χ3n) is 2.87. The molecule has 1 saturated carbocycles. The highest BCUT2D eigenvalue weighted by Crippen LogP contribution is 2.52. The predicted molar refractivity (Wildman–Crippen MR) is 68.2 cm³/mol. The average Bonchev–Trinajstić information content (AvgIpc) is 3.07. The highest BCUT2D eigenvalue weighted by molar-refractivity contribution is 7.99. The fourth-order valence-electron chi connectivity index (χ4n) is 1.63. The first-order valence-corrected chi connectivity index (χ1v) is 6.82. The van der Waals surface area contributed by atoms with Crippen molar-refractivity contribution in [3.63, 3.8) is 0 Å². The van der Waals surface area contributed by atoms with Crippen LogP contribution in [-0.2, 0) is 4.79 Å². The summed E-state index contributed by atoms with van der Waals surface area (Å²) < 4.78 is 4.93. The standard InChI is InChI=1S/C11H13ClN2O3S/c1-17-10-13-5-7(12)9(14-10)18-6-11(2-3-11)4-8(15)16/h5H,2-4,6H2,1H3,(H,15,16). The molecule has 5 nitrogen and oxygen atoms in total. The van der Waals surface area contributed by atoms with Crippen LogP contribution in [0.4, 0.5) is 0 Å². The van der Waals surface area contributed by atoms with E-state index >= 15 is 0 Å². The Kier molecular flexibility index (Phi) is 3.97. The molecule has 7 heteroatoms. The van der Waals surface area contributed by atoms with Crippen LogP contribution in [0.5, 0.6) is 6.01 Å². The molecule has 0 radical (unpaired) electrons. The zero-order valence-electron chi connectivity index (χ0n) is 9.85. The number of carbonyl (C=O) groups is 1. The van der Waals surface area contributed by atoms with Crippen molar-refractivity contribution in [2.24, 2.45) is 5.41 Å². The Bertz CT molecular complexity index is 466. The summed E-state index contributed by atoms with van der Waals surface area (Å²) in [5, 5.41) is 9.95. The van der Waals surface area contributed by atoms with Gasteiger partial charge in [-0.1, -0.05) is 11.6 Å². The van der Waals surface area contributed by atoms with Crippen molar-refractivity contribution in [3.05, 3.63) is 11.2 Å². The largest absolute Gasteiger partial charge is 0.481 e. The van der Waals surface area contributed by atoms with Gasteiger partial charge in [-0.3, -0.25) is 4.79 Å². The molecule has 0 spiro atoms. The molecule has 1 heterocycles. The number of carboxylic acid groups (broad SMARTS) is 1. The minimum Gasteiger partial charge on any atom is -0.481 e. The van der Waals surface area contributed by atoms with Gasteiger partial charge in [-0.25, -0.2) is 4.98 Å². The van der Waals surface area contributed by atoms with E-state index in [9.17, 15) is 4.79 Å². The van der Waals surface area contributed by atoms with Gasteiger partial charge in [0.05, 0.1) is 24.8 Å². The average molecular weight is 289 g/mol. The Morgan fingerprint density at radius 1 is 1.67 bits per heavy atom. The number of rotatable bonds is 6. The van der Waals surface area contributed by atoms with Gasteiger partial charge in [0.2, 0.25) is 0 Å². The second-order valence-corrected chi connectivity index (χ2v) is 5.74. The van der Waals surface area contributed by atoms with E-state index in [1.807, 2.05) is 0 Å². The van der Waals surface area contributed by atoms with Crippen molar-refractivity contribution < 1.29 is 14.6 Å². The summed E-state index contributed by atoms with van der Waals surface area (Å²) in [6, 6.07) is 0.269. The number of carboxylic acids is 1. The molecule has 0 bridgehead atoms. The maximum Gasteiger partial charge on any atom is 0.317 e. The van der Waals surface area contributed by atoms with E-state index < -0.39 is 5.97 Å². The third kappa shape index (κ3) is 3.26. The lowest BCUT2D eigenvalue weighted by atomic mass is 10.1. The maximum absolute atomic E-state index is 10.8. The first-order valence-electron chi connectivity index (χ1n) is 5.46. The van der Waals surface area contributed by atoms with Crippen molar-refractivity contribution in [3.8, 4) is 6.01 Å². The van der Waals surface area contributed by atoms with Crippen molar-refractivity contribution in [2.45, 2.75) is 24.3 Å². The first-order chi connectivity index (χ1) is 8.54. The van der Waals surface area contributed by atoms with E-state index in [0.717, 1.165) is 12.8 Å². The molecule has 0 unspecified atom stereocenters. The first kappa shape index (κ1) is 13.4. The van der Waals surface area contributed by atoms with Crippen LogP contribution in [0.15, 0.2) is 11.2 Å². The van der Waals surface area contributed by atoms with Crippen LogP contribution in [0.3, 0.4) is 0 Å². The topological polar surface area (TPSA) is 72.3 Å². The summed E-state index contributed by atoms with van der Waals surface area (Å²) in [5.41, 5.74) is -0.0853. The number of methoxy groups -OCH3 is 1. The molecule has 2 rings (SSSR count). The Balaban J connectivity index is 2.00. The number of ether oxygens (including phenoxy) is 1. The molecule has 1 aromatic heterocycles. The summed E-state index contributed by atoms with van der Waals surface area (Å²) >= 11 is 7.45. The van der Waals surface area contributed by atoms with E-state index in [1.54, 1.807) is 0 Å². The monoisotopic (exact) mass is 288 g/mol. The maximum atomic E-state index is 10.8. The van der Waals surface area contributed by atoms with Crippen LogP contribution in [0.25, 0.3) is 0 Å². The summed E-state index contributed by atoms with van der Waals surface area (Å²) in [4.78, 5) is 18.8. The Morgan fingerprint density at radius 2 is 2.39 bits per heavy atom. The van der Waals surface area contributed by atoms with E-state index in [1.165, 1.54) is 25.1 Å². The Morgan fingerprint density at radius 3 is 2.94 bits per heavy atom. The lowest BCUT2D eigenvalue weighted by Crippen LogP contribution is -2.11. The van der Waals surface area contributed by atoms with Gasteiger partial charge in [-0.2, -0.15) is 4.98 Å². The molecule has 18 heavy (non-hydrogen) atoms. The molecule has 0 aromatic carbocycles. The van der Waals surface area contributed by atoms with E-state index in [-0.39, 0.29) is 17.8 Å². The molecule has 0 atom stereocenters. The molecule has 0 amide bonds. The fraction of sp³-hybridized carbons (Fsp3) is 0.545. The minimum absolute atomic E-state index is 0.0853. The molecule has 1 aliphatic carbocycles. The molecule has 98 valence electrons. The molecule has 0 aliphatic heterocycles. The number of aliphatic carboxylic acids is 1. The Hall–Kier alpha value is -1.01. The lowest BCUT2D eigenvalue weighted by Gasteiger charge is -2.12. The second kappa shape index (κ2) is 5.32. The van der Waals surface area contributed by atoms with Gasteiger partial charge in [0.1, 0.15) is 5.03 Å². The highest BCUT2D eigenvalue weighted by Gasteiger charge is 2.44. The third-order valence-corrected chi connectivity index (χ3v) is 4.60. The molecular weight excluding hydrogens is 276 g/mol. The van der Waals surface area contributed by atoms with Crippen molar-refractivity contribution in [1.29, 1.82) is 0 Å².